The van der Waals surface area contributed by atoms with Crippen LogP contribution in [0.2, 0.25) is 0 Å². The Morgan fingerprint density at radius 1 is 1.43 bits per heavy atom. The maximum atomic E-state index is 12.9. The van der Waals surface area contributed by atoms with Crippen molar-refractivity contribution in [3.8, 4) is 6.07 Å². The summed E-state index contributed by atoms with van der Waals surface area (Å²) >= 11 is 0. The third kappa shape index (κ3) is 3.62. The molecule has 0 saturated heterocycles. The predicted octanol–water partition coefficient (Wildman–Crippen LogP) is 1.89. The number of nitrogens with zero attached hydrogens (tertiary/aromatic N) is 4. The number of nitrogens with one attached hydrogen (secondary N) is 2. The molecule has 1 aromatic carbocycles. The van der Waals surface area contributed by atoms with Crippen LogP contribution in [0.5, 0.6) is 0 Å². The van der Waals surface area contributed by atoms with Crippen LogP contribution >= 0.6 is 0 Å². The minimum atomic E-state index is -4.83. The third-order valence-corrected chi connectivity index (χ3v) is 2.65. The molecule has 0 aliphatic rings. The predicted molar refractivity (Wildman–Crippen MR) is 69.8 cm³/mol. The number of benzene rings is 1. The van der Waals surface area contributed by atoms with E-state index in [-0.39, 0.29) is 17.1 Å². The Balaban J connectivity index is 2.35. The fourth-order valence-electron chi connectivity index (χ4n) is 1.63. The summed E-state index contributed by atoms with van der Waals surface area (Å²) in [5, 5.41) is 32.7. The van der Waals surface area contributed by atoms with Gasteiger partial charge in [0.1, 0.15) is 11.6 Å². The second-order valence-electron chi connectivity index (χ2n) is 4.11. The molecule has 0 aliphatic heterocycles. The molecule has 0 atom stereocenters. The van der Waals surface area contributed by atoms with Crippen molar-refractivity contribution in [2.75, 3.05) is 5.32 Å². The van der Waals surface area contributed by atoms with Gasteiger partial charge in [0.05, 0.1) is 11.1 Å². The fourth-order valence-corrected chi connectivity index (χ4v) is 1.63. The Hall–Kier alpha value is -3.42. The zero-order valence-corrected chi connectivity index (χ0v) is 11.1. The van der Waals surface area contributed by atoms with E-state index in [4.69, 9.17) is 10.4 Å². The first-order valence-electron chi connectivity index (χ1n) is 5.88. The van der Waals surface area contributed by atoms with E-state index in [1.807, 2.05) is 0 Å². The third-order valence-electron chi connectivity index (χ3n) is 2.65. The molecular weight excluding hydrogens is 317 g/mol. The first kappa shape index (κ1) is 16.0. The number of anilines is 1. The number of carboxylic acids is 1. The monoisotopic (exact) mass is 324 g/mol. The van der Waals surface area contributed by atoms with Crippen LogP contribution in [0.25, 0.3) is 5.57 Å². The van der Waals surface area contributed by atoms with E-state index < -0.39 is 23.3 Å². The van der Waals surface area contributed by atoms with E-state index in [0.717, 1.165) is 18.3 Å². The zero-order chi connectivity index (χ0) is 17.0. The lowest BCUT2D eigenvalue weighted by Crippen LogP contribution is -2.13. The first-order valence-corrected chi connectivity index (χ1v) is 5.88. The number of allylic oxidation sites excluding steroid dienone is 1. The zero-order valence-electron chi connectivity index (χ0n) is 11.1. The molecule has 0 aliphatic carbocycles. The van der Waals surface area contributed by atoms with Crippen molar-refractivity contribution in [2.24, 2.45) is 0 Å². The molecule has 0 bridgehead atoms. The van der Waals surface area contributed by atoms with Gasteiger partial charge in [-0.15, -0.1) is 10.2 Å². The molecule has 1 heterocycles. The number of carboxylic acid groups (broad SMARTS) is 1. The molecule has 0 amide bonds. The number of aromatic amines is 1. The smallest absolute Gasteiger partial charge is 0.417 e. The summed E-state index contributed by atoms with van der Waals surface area (Å²) in [7, 11) is 0. The summed E-state index contributed by atoms with van der Waals surface area (Å²) < 4.78 is 38.7. The number of rotatable bonds is 4. The lowest BCUT2D eigenvalue weighted by molar-refractivity contribution is -0.138. The van der Waals surface area contributed by atoms with Gasteiger partial charge in [-0.2, -0.15) is 23.6 Å². The van der Waals surface area contributed by atoms with Crippen molar-refractivity contribution in [1.29, 1.82) is 5.26 Å². The maximum Gasteiger partial charge on any atom is 0.417 e. The van der Waals surface area contributed by atoms with E-state index in [1.165, 1.54) is 0 Å². The van der Waals surface area contributed by atoms with Gasteiger partial charge < -0.3 is 10.4 Å². The van der Waals surface area contributed by atoms with Gasteiger partial charge in [-0.25, -0.2) is 4.79 Å². The van der Waals surface area contributed by atoms with Crippen molar-refractivity contribution in [2.45, 2.75) is 6.18 Å². The molecule has 11 heteroatoms. The van der Waals surface area contributed by atoms with Crippen molar-refractivity contribution in [3.63, 3.8) is 0 Å². The van der Waals surface area contributed by atoms with Gasteiger partial charge in [0.15, 0.2) is 0 Å². The second kappa shape index (κ2) is 6.14. The maximum absolute atomic E-state index is 12.9. The summed E-state index contributed by atoms with van der Waals surface area (Å²) in [6.45, 7) is 0. The van der Waals surface area contributed by atoms with Crippen LogP contribution in [-0.2, 0) is 6.18 Å². The molecule has 0 fully saturated rings. The summed E-state index contributed by atoms with van der Waals surface area (Å²) in [4.78, 5) is 10.8. The summed E-state index contributed by atoms with van der Waals surface area (Å²) in [5.74, 6) is -1.73. The van der Waals surface area contributed by atoms with Gasteiger partial charge in [-0.1, -0.05) is 0 Å². The molecule has 0 saturated carbocycles. The molecule has 2 rings (SSSR count). The molecule has 0 spiro atoms. The highest BCUT2D eigenvalue weighted by atomic mass is 19.4. The van der Waals surface area contributed by atoms with Crippen LogP contribution in [0.1, 0.15) is 21.7 Å². The summed E-state index contributed by atoms with van der Waals surface area (Å²) in [5.41, 5.74) is -2.31. The SMILES string of the molecule is N#CC(=CNc1ccc(C(=O)O)c(C(F)(F)F)c1)c1nn[nH]n1. The number of tetrazole rings is 1. The Morgan fingerprint density at radius 3 is 2.70 bits per heavy atom. The molecule has 0 unspecified atom stereocenters. The van der Waals surface area contributed by atoms with Crippen molar-refractivity contribution < 1.29 is 23.1 Å². The quantitative estimate of drug-likeness (QED) is 0.733. The van der Waals surface area contributed by atoms with Crippen LogP contribution in [0.3, 0.4) is 0 Å². The number of halogens is 3. The fraction of sp³-hybridized carbons (Fsp3) is 0.0833. The van der Waals surface area contributed by atoms with Crippen LogP contribution in [0.4, 0.5) is 18.9 Å². The van der Waals surface area contributed by atoms with Crippen molar-refractivity contribution >= 4 is 17.2 Å². The van der Waals surface area contributed by atoms with Gasteiger partial charge in [0.2, 0.25) is 5.82 Å². The molecule has 23 heavy (non-hydrogen) atoms. The average Bonchev–Trinajstić information content (AvgIpc) is 3.01. The molecule has 0 radical (unpaired) electrons. The lowest BCUT2D eigenvalue weighted by Gasteiger charge is -2.12. The molecule has 1 aromatic heterocycles. The van der Waals surface area contributed by atoms with E-state index >= 15 is 0 Å². The second-order valence-corrected chi connectivity index (χ2v) is 4.11. The van der Waals surface area contributed by atoms with Crippen LogP contribution < -0.4 is 5.32 Å². The molecule has 2 aromatic rings. The normalized spacial score (nSPS) is 11.8. The van der Waals surface area contributed by atoms with Gasteiger partial charge in [0.25, 0.3) is 0 Å². The standard InChI is InChI=1S/C12H7F3N6O2/c13-12(14,15)9-3-7(1-2-8(9)11(22)23)17-5-6(4-16)10-18-20-21-19-10/h1-3,5,17H,(H,22,23)(H,18,19,20,21). The van der Waals surface area contributed by atoms with Crippen molar-refractivity contribution in [3.05, 3.63) is 41.4 Å². The Bertz CT molecular complexity index is 792. The van der Waals surface area contributed by atoms with E-state index in [2.05, 4.69) is 25.9 Å². The van der Waals surface area contributed by atoms with E-state index in [9.17, 15) is 18.0 Å². The van der Waals surface area contributed by atoms with Crippen LogP contribution in [0, 0.1) is 11.3 Å². The highest BCUT2D eigenvalue weighted by Crippen LogP contribution is 2.34. The lowest BCUT2D eigenvalue weighted by atomic mass is 10.1. The Morgan fingerprint density at radius 2 is 2.17 bits per heavy atom. The number of hydrogen-bond donors (Lipinski definition) is 3. The van der Waals surface area contributed by atoms with E-state index in [1.54, 1.807) is 6.07 Å². The largest absolute Gasteiger partial charge is 0.478 e. The van der Waals surface area contributed by atoms with Crippen LogP contribution in [-0.4, -0.2) is 31.7 Å². The number of H-pyrrole nitrogens is 1. The minimum absolute atomic E-state index is 0.0433. The van der Waals surface area contributed by atoms with Gasteiger partial charge in [-0.3, -0.25) is 0 Å². The highest BCUT2D eigenvalue weighted by molar-refractivity contribution is 5.90. The van der Waals surface area contributed by atoms with Crippen molar-refractivity contribution in [1.82, 2.24) is 20.6 Å². The molecule has 118 valence electrons. The van der Waals surface area contributed by atoms with Gasteiger partial charge >= 0.3 is 12.1 Å². The number of aromatic carboxylic acids is 1. The Kier molecular flexibility index (Phi) is 4.26. The number of nitriles is 1. The Labute approximate surface area is 126 Å². The summed E-state index contributed by atoms with van der Waals surface area (Å²) in [6, 6.07) is 4.34. The average molecular weight is 324 g/mol. The summed E-state index contributed by atoms with van der Waals surface area (Å²) in [6.07, 6.45) is -3.75. The number of carbonyl (C=O) groups is 1. The van der Waals surface area contributed by atoms with Gasteiger partial charge in [0, 0.05) is 11.9 Å². The molecule has 3 N–H and O–H groups in total. The molecular formula is C12H7F3N6O2. The molecule has 8 nitrogen and oxygen atoms in total. The number of aromatic nitrogens is 4. The number of hydrogen-bond acceptors (Lipinski definition) is 6. The van der Waals surface area contributed by atoms with E-state index in [0.29, 0.717) is 6.07 Å². The van der Waals surface area contributed by atoms with Gasteiger partial charge in [-0.05, 0) is 23.4 Å². The van der Waals surface area contributed by atoms with Crippen LogP contribution in [0.15, 0.2) is 24.4 Å². The first-order chi connectivity index (χ1) is 10.8. The topological polar surface area (TPSA) is 128 Å². The highest BCUT2D eigenvalue weighted by Gasteiger charge is 2.35. The minimum Gasteiger partial charge on any atom is -0.478 e. The number of alkyl halides is 3.